The molecule has 0 bridgehead atoms. The lowest BCUT2D eigenvalue weighted by atomic mass is 10.0. The van der Waals surface area contributed by atoms with Gasteiger partial charge in [-0.2, -0.15) is 0 Å². The van der Waals surface area contributed by atoms with Gasteiger partial charge in [0.2, 0.25) is 6.10 Å². The van der Waals surface area contributed by atoms with Crippen molar-refractivity contribution in [2.75, 3.05) is 11.4 Å². The van der Waals surface area contributed by atoms with Crippen LogP contribution >= 0.6 is 0 Å². The van der Waals surface area contributed by atoms with Crippen molar-refractivity contribution in [1.29, 1.82) is 0 Å². The smallest absolute Gasteiger partial charge is 0.272 e. The molecule has 0 aromatic heterocycles. The van der Waals surface area contributed by atoms with E-state index < -0.39 is 12.1 Å². The topological polar surface area (TPSA) is 72.6 Å². The Morgan fingerprint density at radius 3 is 2.58 bits per heavy atom. The Bertz CT molecular complexity index is 771. The zero-order valence-corrected chi connectivity index (χ0v) is 13.7. The molecule has 5 heteroatoms. The highest BCUT2D eigenvalue weighted by atomic mass is 16.5. The molecule has 2 N–H and O–H groups in total. The second-order valence-corrected chi connectivity index (χ2v) is 5.83. The summed E-state index contributed by atoms with van der Waals surface area (Å²) in [4.78, 5) is 26.6. The van der Waals surface area contributed by atoms with Crippen molar-refractivity contribution in [3.05, 3.63) is 59.7 Å². The standard InChI is InChI=1S/C19H20N2O3/c1-3-21-15-11-14(17(22)12(2)20)9-10-16(15)24-18(19(21)23)13-7-5-4-6-8-13/h4-12,18H,3,20H2,1-2H3. The largest absolute Gasteiger partial charge is 0.474 e. The monoisotopic (exact) mass is 324 g/mol. The van der Waals surface area contributed by atoms with Crippen LogP contribution in [0.4, 0.5) is 5.69 Å². The van der Waals surface area contributed by atoms with Crippen molar-refractivity contribution < 1.29 is 14.3 Å². The van der Waals surface area contributed by atoms with Crippen LogP contribution in [0.25, 0.3) is 0 Å². The van der Waals surface area contributed by atoms with Gasteiger partial charge in [0.1, 0.15) is 5.75 Å². The Morgan fingerprint density at radius 2 is 1.96 bits per heavy atom. The molecule has 2 aromatic rings. The Hall–Kier alpha value is -2.66. The van der Waals surface area contributed by atoms with Crippen LogP contribution in [0.3, 0.4) is 0 Å². The number of nitrogens with zero attached hydrogens (tertiary/aromatic N) is 1. The molecule has 1 aliphatic rings. The maximum Gasteiger partial charge on any atom is 0.272 e. The third-order valence-electron chi connectivity index (χ3n) is 4.10. The fourth-order valence-corrected chi connectivity index (χ4v) is 2.85. The molecule has 5 nitrogen and oxygen atoms in total. The lowest BCUT2D eigenvalue weighted by Crippen LogP contribution is -2.41. The number of nitrogens with two attached hydrogens (primary N) is 1. The summed E-state index contributed by atoms with van der Waals surface area (Å²) in [6.07, 6.45) is -0.673. The van der Waals surface area contributed by atoms with Crippen molar-refractivity contribution in [3.8, 4) is 5.75 Å². The minimum absolute atomic E-state index is 0.137. The van der Waals surface area contributed by atoms with Crippen molar-refractivity contribution in [2.45, 2.75) is 26.0 Å². The number of fused-ring (bicyclic) bond motifs is 1. The number of anilines is 1. The Morgan fingerprint density at radius 1 is 1.25 bits per heavy atom. The molecule has 0 saturated heterocycles. The van der Waals surface area contributed by atoms with Gasteiger partial charge in [-0.3, -0.25) is 9.59 Å². The van der Waals surface area contributed by atoms with Crippen molar-refractivity contribution >= 4 is 17.4 Å². The van der Waals surface area contributed by atoms with E-state index in [1.165, 1.54) is 0 Å². The fourth-order valence-electron chi connectivity index (χ4n) is 2.85. The number of hydrogen-bond donors (Lipinski definition) is 1. The first kappa shape index (κ1) is 16.2. The van der Waals surface area contributed by atoms with Gasteiger partial charge in [-0.15, -0.1) is 0 Å². The van der Waals surface area contributed by atoms with Gasteiger partial charge in [0.25, 0.3) is 5.91 Å². The molecule has 1 heterocycles. The molecule has 1 amide bonds. The molecule has 24 heavy (non-hydrogen) atoms. The maximum atomic E-state index is 12.8. The first-order valence-electron chi connectivity index (χ1n) is 7.99. The van der Waals surface area contributed by atoms with Crippen LogP contribution in [0.1, 0.15) is 35.9 Å². The number of carbonyl (C=O) groups is 2. The summed E-state index contributed by atoms with van der Waals surface area (Å²) in [6.45, 7) is 4.04. The van der Waals surface area contributed by atoms with Crippen LogP contribution < -0.4 is 15.4 Å². The van der Waals surface area contributed by atoms with E-state index in [-0.39, 0.29) is 11.7 Å². The average molecular weight is 324 g/mol. The van der Waals surface area contributed by atoms with Crippen LogP contribution in [0, 0.1) is 0 Å². The van der Waals surface area contributed by atoms with Gasteiger partial charge in [0.05, 0.1) is 11.7 Å². The normalized spacial score (nSPS) is 17.9. The summed E-state index contributed by atoms with van der Waals surface area (Å²) >= 11 is 0. The predicted molar refractivity (Wildman–Crippen MR) is 92.3 cm³/mol. The zero-order chi connectivity index (χ0) is 17.3. The number of Topliss-reactive ketones (excluding diaryl/α,β-unsaturated/α-hetero) is 1. The number of ether oxygens (including phenoxy) is 1. The van der Waals surface area contributed by atoms with E-state index in [1.807, 2.05) is 37.3 Å². The molecule has 124 valence electrons. The van der Waals surface area contributed by atoms with Crippen molar-refractivity contribution in [1.82, 2.24) is 0 Å². The molecule has 2 aromatic carbocycles. The molecule has 2 atom stereocenters. The van der Waals surface area contributed by atoms with Gasteiger partial charge >= 0.3 is 0 Å². The third-order valence-corrected chi connectivity index (χ3v) is 4.10. The highest BCUT2D eigenvalue weighted by Gasteiger charge is 2.35. The predicted octanol–water partition coefficient (Wildman–Crippen LogP) is 2.70. The second kappa shape index (κ2) is 6.45. The van der Waals surface area contributed by atoms with E-state index in [0.29, 0.717) is 23.5 Å². The van der Waals surface area contributed by atoms with Gasteiger partial charge in [-0.1, -0.05) is 30.3 Å². The summed E-state index contributed by atoms with van der Waals surface area (Å²) in [5.74, 6) is 0.291. The summed E-state index contributed by atoms with van der Waals surface area (Å²) in [7, 11) is 0. The number of ketones is 1. The molecule has 0 spiro atoms. The highest BCUT2D eigenvalue weighted by molar-refractivity contribution is 6.04. The number of carbonyl (C=O) groups excluding carboxylic acids is 2. The summed E-state index contributed by atoms with van der Waals surface area (Å²) in [5.41, 5.74) is 7.58. The fraction of sp³-hybridized carbons (Fsp3) is 0.263. The molecule has 0 radical (unpaired) electrons. The first-order valence-corrected chi connectivity index (χ1v) is 7.99. The second-order valence-electron chi connectivity index (χ2n) is 5.83. The summed E-state index contributed by atoms with van der Waals surface area (Å²) in [5, 5.41) is 0. The van der Waals surface area contributed by atoms with Crippen LogP contribution in [0.2, 0.25) is 0 Å². The van der Waals surface area contributed by atoms with Gasteiger partial charge in [0, 0.05) is 17.7 Å². The van der Waals surface area contributed by atoms with Gasteiger partial charge < -0.3 is 15.4 Å². The third kappa shape index (κ3) is 2.78. The maximum absolute atomic E-state index is 12.8. The lowest BCUT2D eigenvalue weighted by Gasteiger charge is -2.34. The number of benzene rings is 2. The van der Waals surface area contributed by atoms with E-state index in [0.717, 1.165) is 5.56 Å². The minimum Gasteiger partial charge on any atom is -0.474 e. The molecule has 0 aliphatic carbocycles. The van der Waals surface area contributed by atoms with Gasteiger partial charge in [-0.05, 0) is 32.0 Å². The van der Waals surface area contributed by atoms with E-state index in [4.69, 9.17) is 10.5 Å². The van der Waals surface area contributed by atoms with E-state index in [1.54, 1.807) is 30.0 Å². The van der Waals surface area contributed by atoms with Gasteiger partial charge in [0.15, 0.2) is 5.78 Å². The SMILES string of the molecule is CCN1C(=O)C(c2ccccc2)Oc2ccc(C(=O)C(C)N)cc21. The van der Waals surface area contributed by atoms with E-state index in [9.17, 15) is 9.59 Å². The Kier molecular flexibility index (Phi) is 4.36. The first-order chi connectivity index (χ1) is 11.5. The van der Waals surface area contributed by atoms with E-state index in [2.05, 4.69) is 0 Å². The van der Waals surface area contributed by atoms with Crippen LogP contribution in [0.5, 0.6) is 5.75 Å². The highest BCUT2D eigenvalue weighted by Crippen LogP contribution is 2.39. The lowest BCUT2D eigenvalue weighted by molar-refractivity contribution is -0.126. The Balaban J connectivity index is 2.02. The van der Waals surface area contributed by atoms with Gasteiger partial charge in [-0.25, -0.2) is 0 Å². The van der Waals surface area contributed by atoms with Crippen LogP contribution in [-0.2, 0) is 4.79 Å². The zero-order valence-electron chi connectivity index (χ0n) is 13.7. The molecule has 2 unspecified atom stereocenters. The number of likely N-dealkylation sites (N-methyl/N-ethyl adjacent to an activating group) is 1. The average Bonchev–Trinajstić information content (AvgIpc) is 2.60. The quantitative estimate of drug-likeness (QED) is 0.878. The van der Waals surface area contributed by atoms with E-state index >= 15 is 0 Å². The molecule has 0 fully saturated rings. The molecule has 1 aliphatic heterocycles. The number of rotatable bonds is 4. The summed E-state index contributed by atoms with van der Waals surface area (Å²) < 4.78 is 5.92. The molecular weight excluding hydrogens is 304 g/mol. The Labute approximate surface area is 141 Å². The molecule has 0 saturated carbocycles. The summed E-state index contributed by atoms with van der Waals surface area (Å²) in [6, 6.07) is 13.9. The molecule has 3 rings (SSSR count). The van der Waals surface area contributed by atoms with Crippen LogP contribution in [0.15, 0.2) is 48.5 Å². The van der Waals surface area contributed by atoms with Crippen molar-refractivity contribution in [2.24, 2.45) is 5.73 Å². The van der Waals surface area contributed by atoms with Crippen LogP contribution in [-0.4, -0.2) is 24.3 Å². The minimum atomic E-state index is -0.673. The molecular formula is C19H20N2O3. The van der Waals surface area contributed by atoms with Crippen molar-refractivity contribution in [3.63, 3.8) is 0 Å². The number of hydrogen-bond acceptors (Lipinski definition) is 4. The number of amides is 1.